The maximum atomic E-state index is 14.0. The van der Waals surface area contributed by atoms with Crippen LogP contribution < -0.4 is 11.1 Å². The van der Waals surface area contributed by atoms with Crippen LogP contribution in [0.4, 0.5) is 15.9 Å². The quantitative estimate of drug-likeness (QED) is 0.0887. The Kier molecular flexibility index (Phi) is 6.10. The number of nitrogens with one attached hydrogen (secondary N) is 2. The van der Waals surface area contributed by atoms with Gasteiger partial charge in [-0.25, -0.2) is 19.3 Å². The van der Waals surface area contributed by atoms with Gasteiger partial charge in [-0.1, -0.05) is 17.7 Å². The molecule has 0 spiro atoms. The molecule has 2 unspecified atom stereocenters. The summed E-state index contributed by atoms with van der Waals surface area (Å²) in [6, 6.07) is 4.87. The number of thioether (sulfide) groups is 1. The Hall–Kier alpha value is -1.87. The van der Waals surface area contributed by atoms with Crippen molar-refractivity contribution in [3.05, 3.63) is 46.0 Å². The number of aromatic amines is 1. The van der Waals surface area contributed by atoms with Gasteiger partial charge in [-0.15, -0.1) is 0 Å². The number of benzene rings is 1. The van der Waals surface area contributed by atoms with Gasteiger partial charge in [0, 0.05) is 0 Å². The maximum absolute atomic E-state index is 14.0. The minimum atomic E-state index is -2.61. The molecule has 5 N–H and O–H groups in total. The number of hydrogen-bond acceptors (Lipinski definition) is 10. The second kappa shape index (κ2) is 8.10. The number of H-pyrrole nitrogens is 1. The van der Waals surface area contributed by atoms with E-state index in [1.54, 1.807) is 12.1 Å². The van der Waals surface area contributed by atoms with E-state index in [2.05, 4.69) is 41.2 Å². The average Bonchev–Trinajstić information content (AvgIpc) is 3.04. The predicted octanol–water partition coefficient (Wildman–Crippen LogP) is 4.05. The van der Waals surface area contributed by atoms with Crippen LogP contribution >= 0.6 is 51.2 Å². The highest BCUT2D eigenvalue weighted by atomic mass is 79.9. The van der Waals surface area contributed by atoms with Crippen LogP contribution in [0.2, 0.25) is 0 Å². The summed E-state index contributed by atoms with van der Waals surface area (Å²) in [5, 5.41) is 24.1. The highest BCUT2D eigenvalue weighted by molar-refractivity contribution is 9.12. The van der Waals surface area contributed by atoms with Crippen molar-refractivity contribution < 1.29 is 13.8 Å². The molecular weight excluding hydrogens is 513 g/mol. The molecule has 0 saturated heterocycles. The van der Waals surface area contributed by atoms with Gasteiger partial charge in [-0.05, 0) is 52.3 Å². The number of nitrogens with two attached hydrogens (primary N) is 1. The molecule has 0 aliphatic carbocycles. The molecule has 0 amide bonds. The van der Waals surface area contributed by atoms with Gasteiger partial charge in [0.2, 0.25) is 4.20 Å². The number of aromatic hydroxyl groups is 1. The first-order valence-corrected chi connectivity index (χ1v) is 10.4. The van der Waals surface area contributed by atoms with E-state index >= 15 is 0 Å². The van der Waals surface area contributed by atoms with Gasteiger partial charge in [0.15, 0.2) is 17.3 Å². The second-order valence-corrected chi connectivity index (χ2v) is 11.3. The van der Waals surface area contributed by atoms with Gasteiger partial charge in [-0.2, -0.15) is 0 Å². The van der Waals surface area contributed by atoms with Gasteiger partial charge < -0.3 is 15.4 Å². The third-order valence-electron chi connectivity index (χ3n) is 3.48. The van der Waals surface area contributed by atoms with Gasteiger partial charge in [0.1, 0.15) is 15.6 Å². The molecule has 0 aliphatic heterocycles. The monoisotopic (exact) mass is 523 g/mol. The Bertz CT molecular complexity index is 1080. The molecule has 0 radical (unpaired) electrons. The van der Waals surface area contributed by atoms with E-state index < -0.39 is 11.9 Å². The van der Waals surface area contributed by atoms with Crippen molar-refractivity contribution in [1.82, 2.24) is 19.9 Å². The molecule has 29 heavy (non-hydrogen) atoms. The first-order chi connectivity index (χ1) is 13.5. The molecule has 3 rings (SSSR count). The van der Waals surface area contributed by atoms with Gasteiger partial charge in [0.05, 0.1) is 12.0 Å². The summed E-state index contributed by atoms with van der Waals surface area (Å²) in [6.07, 6.45) is 1.34. The van der Waals surface area contributed by atoms with Crippen molar-refractivity contribution in [3.63, 3.8) is 0 Å². The van der Waals surface area contributed by atoms with Crippen molar-refractivity contribution in [2.75, 3.05) is 5.32 Å². The molecule has 0 bridgehead atoms. The molecular formula is C14H12BrClFN7O3S2. The minimum Gasteiger partial charge on any atom is -0.506 e. The average molecular weight is 525 g/mol. The standard InChI is InChI=1S/C14H12BrClFN7O3S2/c1-6-2-3-8(25)7(4-6)21-11-9-10(20-5-19-9)22-12(23-11)13(18,29-24(26)27)28-14(15,16)17/h2-5,25H,18H2,1H3,(H2,19,20,21,22,23). The number of halogens is 3. The number of aryl methyl sites for hydroxylation is 1. The lowest BCUT2D eigenvalue weighted by Gasteiger charge is -2.24. The number of fused-ring (bicyclic) bond motifs is 1. The van der Waals surface area contributed by atoms with Crippen LogP contribution in [0.5, 0.6) is 5.75 Å². The highest BCUT2D eigenvalue weighted by Crippen LogP contribution is 2.52. The third kappa shape index (κ3) is 5.19. The number of anilines is 2. The number of rotatable bonds is 7. The summed E-state index contributed by atoms with van der Waals surface area (Å²) in [5.74, 6) is -0.239. The molecule has 154 valence electrons. The first kappa shape index (κ1) is 21.8. The van der Waals surface area contributed by atoms with E-state index in [1.165, 1.54) is 12.4 Å². The van der Waals surface area contributed by atoms with Crippen LogP contribution in [0.15, 0.2) is 24.5 Å². The normalized spacial score (nSPS) is 15.6. The number of nitrogens with zero attached hydrogens (tertiary/aromatic N) is 4. The number of phenols is 1. The molecule has 0 saturated carbocycles. The van der Waals surface area contributed by atoms with Crippen LogP contribution in [-0.4, -0.2) is 32.7 Å². The Morgan fingerprint density at radius 1 is 1.48 bits per heavy atom. The number of phenolic OH excluding ortho intramolecular Hbond substituents is 1. The lowest BCUT2D eigenvalue weighted by Crippen LogP contribution is -2.35. The van der Waals surface area contributed by atoms with Crippen molar-refractivity contribution >= 4 is 73.9 Å². The summed E-state index contributed by atoms with van der Waals surface area (Å²) in [7, 11) is 0. The van der Waals surface area contributed by atoms with E-state index in [0.29, 0.717) is 11.2 Å². The van der Waals surface area contributed by atoms with Crippen LogP contribution in [0, 0.1) is 17.0 Å². The number of hydrogen-bond donors (Lipinski definition) is 4. The minimum absolute atomic E-state index is 0.0180. The molecule has 0 fully saturated rings. The van der Waals surface area contributed by atoms with Crippen LogP contribution in [0.3, 0.4) is 0 Å². The van der Waals surface area contributed by atoms with Crippen LogP contribution in [-0.2, 0) is 4.20 Å². The van der Waals surface area contributed by atoms with E-state index in [1.807, 2.05) is 6.92 Å². The number of alkyl halides is 3. The van der Waals surface area contributed by atoms with E-state index in [-0.39, 0.29) is 46.7 Å². The Morgan fingerprint density at radius 3 is 2.86 bits per heavy atom. The second-order valence-electron chi connectivity index (χ2n) is 5.67. The topological polar surface area (TPSA) is 156 Å². The zero-order valence-electron chi connectivity index (χ0n) is 14.4. The van der Waals surface area contributed by atoms with Gasteiger partial charge in [-0.3, -0.25) is 15.8 Å². The largest absolute Gasteiger partial charge is 0.506 e. The van der Waals surface area contributed by atoms with E-state index in [0.717, 1.165) is 5.56 Å². The number of nitro groups is 1. The smallest absolute Gasteiger partial charge is 0.287 e. The Morgan fingerprint density at radius 2 is 2.21 bits per heavy atom. The zero-order chi connectivity index (χ0) is 21.4. The summed E-state index contributed by atoms with van der Waals surface area (Å²) in [6.45, 7) is 1.83. The Balaban J connectivity index is 2.13. The van der Waals surface area contributed by atoms with Crippen LogP contribution in [0.1, 0.15) is 11.4 Å². The highest BCUT2D eigenvalue weighted by Gasteiger charge is 2.48. The summed E-state index contributed by atoms with van der Waals surface area (Å²) >= 11 is 8.25. The molecule has 10 nitrogen and oxygen atoms in total. The number of aromatic nitrogens is 4. The van der Waals surface area contributed by atoms with Gasteiger partial charge in [0.25, 0.3) is 15.3 Å². The summed E-state index contributed by atoms with van der Waals surface area (Å²) < 4.78 is 8.49. The molecule has 1 aromatic carbocycles. The molecule has 2 aromatic heterocycles. The maximum Gasteiger partial charge on any atom is 0.287 e. The Labute approximate surface area is 184 Å². The lowest BCUT2D eigenvalue weighted by molar-refractivity contribution is -0.285. The van der Waals surface area contributed by atoms with Crippen molar-refractivity contribution in [1.29, 1.82) is 0 Å². The SMILES string of the molecule is Cc1ccc(O)c(Nc2nc(C(N)(S[N+](=O)[O-])SC(F)(Cl)Br)nc3nc[nH]c23)c1. The molecule has 15 heteroatoms. The fourth-order valence-electron chi connectivity index (χ4n) is 2.34. The van der Waals surface area contributed by atoms with Crippen LogP contribution in [0.25, 0.3) is 11.2 Å². The fraction of sp³-hybridized carbons (Fsp3) is 0.214. The molecule has 2 atom stereocenters. The van der Waals surface area contributed by atoms with E-state index in [9.17, 15) is 19.6 Å². The van der Waals surface area contributed by atoms with E-state index in [4.69, 9.17) is 17.3 Å². The van der Waals surface area contributed by atoms with Crippen molar-refractivity contribution in [3.8, 4) is 5.75 Å². The van der Waals surface area contributed by atoms with Gasteiger partial charge >= 0.3 is 0 Å². The fourth-order valence-corrected chi connectivity index (χ4v) is 5.53. The molecule has 0 aliphatic rings. The molecule has 3 aromatic rings. The molecule has 2 heterocycles. The first-order valence-electron chi connectivity index (χ1n) is 7.64. The third-order valence-corrected chi connectivity index (χ3v) is 5.99. The summed E-state index contributed by atoms with van der Waals surface area (Å²) in [4.78, 5) is 26.3. The van der Waals surface area contributed by atoms with Crippen molar-refractivity contribution in [2.45, 2.75) is 14.5 Å². The summed E-state index contributed by atoms with van der Waals surface area (Å²) in [5.41, 5.74) is 7.72. The predicted molar refractivity (Wildman–Crippen MR) is 114 cm³/mol. The lowest BCUT2D eigenvalue weighted by atomic mass is 10.2. The van der Waals surface area contributed by atoms with Crippen molar-refractivity contribution in [2.24, 2.45) is 5.73 Å². The number of imidazole rings is 1. The zero-order valence-corrected chi connectivity index (χ0v) is 18.4.